The number of rotatable bonds is 6. The molecule has 0 saturated carbocycles. The summed E-state index contributed by atoms with van der Waals surface area (Å²) < 4.78 is 12.7. The van der Waals surface area contributed by atoms with Crippen LogP contribution in [0, 0.1) is 0 Å². The number of carbonyl (C=O) groups excluding carboxylic acids is 1. The van der Waals surface area contributed by atoms with Gasteiger partial charge in [-0.2, -0.15) is 0 Å². The maximum absolute atomic E-state index is 13.5. The molecule has 0 amide bonds. The van der Waals surface area contributed by atoms with Crippen LogP contribution in [-0.4, -0.2) is 28.9 Å². The molecule has 1 aliphatic rings. The number of thiophene rings is 1. The van der Waals surface area contributed by atoms with E-state index >= 15 is 0 Å². The molecule has 0 saturated heterocycles. The van der Waals surface area contributed by atoms with Gasteiger partial charge in [0.15, 0.2) is 16.3 Å². The van der Waals surface area contributed by atoms with E-state index < -0.39 is 12.0 Å². The first-order chi connectivity index (χ1) is 15.4. The summed E-state index contributed by atoms with van der Waals surface area (Å²) in [5.74, 6) is -0.0786. The minimum Gasteiger partial charge on any atom is -0.504 e. The van der Waals surface area contributed by atoms with Gasteiger partial charge in [-0.05, 0) is 56.0 Å². The smallest absolute Gasteiger partial charge is 0.338 e. The maximum Gasteiger partial charge on any atom is 0.338 e. The van der Waals surface area contributed by atoms with Gasteiger partial charge in [0.05, 0.1) is 29.0 Å². The fourth-order valence-corrected chi connectivity index (χ4v) is 5.42. The Morgan fingerprint density at radius 3 is 2.78 bits per heavy atom. The zero-order valence-corrected chi connectivity index (χ0v) is 19.5. The number of phenols is 1. The molecule has 166 valence electrons. The third-order valence-electron chi connectivity index (χ3n) is 4.91. The number of aromatic hydroxyl groups is 1. The molecule has 3 heterocycles. The zero-order chi connectivity index (χ0) is 22.8. The predicted molar refractivity (Wildman–Crippen MR) is 124 cm³/mol. The van der Waals surface area contributed by atoms with Crippen molar-refractivity contribution in [2.75, 3.05) is 13.2 Å². The summed E-state index contributed by atoms with van der Waals surface area (Å²) >= 11 is 2.73. The number of phenolic OH excluding ortho intramolecular Hbond substituents is 1. The van der Waals surface area contributed by atoms with Crippen molar-refractivity contribution in [1.29, 1.82) is 0 Å². The molecule has 3 aromatic rings. The molecule has 1 atom stereocenters. The number of esters is 1. The fourth-order valence-electron chi connectivity index (χ4n) is 3.55. The lowest BCUT2D eigenvalue weighted by atomic mass is 10.0. The second kappa shape index (κ2) is 9.13. The van der Waals surface area contributed by atoms with E-state index in [0.717, 1.165) is 4.88 Å². The van der Waals surface area contributed by atoms with Gasteiger partial charge in [-0.1, -0.05) is 23.5 Å². The van der Waals surface area contributed by atoms with Gasteiger partial charge in [0.2, 0.25) is 0 Å². The average Bonchev–Trinajstić information content (AvgIpc) is 3.39. The average molecular weight is 471 g/mol. The summed E-state index contributed by atoms with van der Waals surface area (Å²) in [5, 5.41) is 11.9. The van der Waals surface area contributed by atoms with Crippen LogP contribution in [0.15, 0.2) is 56.8 Å². The van der Waals surface area contributed by atoms with Crippen LogP contribution >= 0.6 is 22.7 Å². The van der Waals surface area contributed by atoms with Crippen molar-refractivity contribution in [2.24, 2.45) is 4.99 Å². The van der Waals surface area contributed by atoms with E-state index in [1.807, 2.05) is 24.4 Å². The Labute approximate surface area is 192 Å². The Hall–Kier alpha value is -3.17. The maximum atomic E-state index is 13.5. The van der Waals surface area contributed by atoms with E-state index in [-0.39, 0.29) is 17.9 Å². The summed E-state index contributed by atoms with van der Waals surface area (Å²) in [7, 11) is 0. The van der Waals surface area contributed by atoms with Crippen molar-refractivity contribution < 1.29 is 19.4 Å². The quantitative estimate of drug-likeness (QED) is 0.560. The summed E-state index contributed by atoms with van der Waals surface area (Å²) in [5.41, 5.74) is 1.38. The number of benzene rings is 1. The molecule has 7 nitrogen and oxygen atoms in total. The summed E-state index contributed by atoms with van der Waals surface area (Å²) in [6.07, 6.45) is 1.74. The first-order valence-corrected chi connectivity index (χ1v) is 11.8. The van der Waals surface area contributed by atoms with Crippen LogP contribution in [0.1, 0.15) is 37.3 Å². The molecule has 1 N–H and O–H groups in total. The van der Waals surface area contributed by atoms with Gasteiger partial charge < -0.3 is 14.6 Å². The lowest BCUT2D eigenvalue weighted by Crippen LogP contribution is -2.39. The molecule has 0 fully saturated rings. The van der Waals surface area contributed by atoms with E-state index in [1.54, 1.807) is 36.6 Å². The summed E-state index contributed by atoms with van der Waals surface area (Å²) in [4.78, 5) is 32.2. The van der Waals surface area contributed by atoms with E-state index in [4.69, 9.17) is 9.47 Å². The van der Waals surface area contributed by atoms with E-state index in [0.29, 0.717) is 38.5 Å². The molecule has 0 radical (unpaired) electrons. The van der Waals surface area contributed by atoms with Crippen molar-refractivity contribution >= 4 is 34.7 Å². The van der Waals surface area contributed by atoms with Crippen molar-refractivity contribution in [3.8, 4) is 11.5 Å². The topological polar surface area (TPSA) is 90.1 Å². The van der Waals surface area contributed by atoms with Crippen molar-refractivity contribution in [3.05, 3.63) is 77.1 Å². The Morgan fingerprint density at radius 1 is 1.28 bits per heavy atom. The fraction of sp³-hybridized carbons (Fsp3) is 0.261. The normalized spacial score (nSPS) is 16.0. The van der Waals surface area contributed by atoms with Gasteiger partial charge in [0.25, 0.3) is 5.56 Å². The first kappa shape index (κ1) is 22.0. The highest BCUT2D eigenvalue weighted by molar-refractivity contribution is 7.10. The highest BCUT2D eigenvalue weighted by Crippen LogP contribution is 2.33. The largest absolute Gasteiger partial charge is 0.504 e. The Bertz CT molecular complexity index is 1370. The number of allylic oxidation sites excluding steroid dienone is 1. The van der Waals surface area contributed by atoms with Gasteiger partial charge in [-0.15, -0.1) is 11.3 Å². The molecule has 0 spiro atoms. The van der Waals surface area contributed by atoms with E-state index in [9.17, 15) is 14.7 Å². The van der Waals surface area contributed by atoms with Gasteiger partial charge in [0, 0.05) is 4.88 Å². The lowest BCUT2D eigenvalue weighted by molar-refractivity contribution is -0.139. The van der Waals surface area contributed by atoms with Crippen LogP contribution in [0.3, 0.4) is 0 Å². The molecule has 0 aliphatic carbocycles. The second-order valence-corrected chi connectivity index (χ2v) is 8.97. The van der Waals surface area contributed by atoms with Crippen LogP contribution in [0.25, 0.3) is 6.08 Å². The molecular formula is C23H22N2O5S2. The number of ether oxygens (including phenoxy) is 2. The number of hydrogen-bond acceptors (Lipinski definition) is 8. The van der Waals surface area contributed by atoms with Crippen LogP contribution in [0.5, 0.6) is 11.5 Å². The SMILES string of the molecule is CCOC(=O)C1=C(C)N=c2s/c(=C\c3ccc(O)c(OCC)c3)c(=O)n2C1c1cccs1. The summed E-state index contributed by atoms with van der Waals surface area (Å²) in [6.45, 7) is 5.99. The zero-order valence-electron chi connectivity index (χ0n) is 17.8. The van der Waals surface area contributed by atoms with Crippen LogP contribution < -0.4 is 19.6 Å². The number of thiazole rings is 1. The molecule has 4 rings (SSSR count). The highest BCUT2D eigenvalue weighted by atomic mass is 32.1. The van der Waals surface area contributed by atoms with E-state index in [2.05, 4.69) is 4.99 Å². The molecular weight excluding hydrogens is 448 g/mol. The summed E-state index contributed by atoms with van der Waals surface area (Å²) in [6, 6.07) is 8.13. The van der Waals surface area contributed by atoms with Gasteiger partial charge in [0.1, 0.15) is 6.04 Å². The van der Waals surface area contributed by atoms with E-state index in [1.165, 1.54) is 28.7 Å². The Balaban J connectivity index is 1.89. The number of aromatic nitrogens is 1. The molecule has 1 aliphatic heterocycles. The van der Waals surface area contributed by atoms with Crippen molar-refractivity contribution in [3.63, 3.8) is 0 Å². The second-order valence-electron chi connectivity index (χ2n) is 6.98. The molecule has 9 heteroatoms. The Kier molecular flexibility index (Phi) is 6.29. The van der Waals surface area contributed by atoms with Crippen LogP contribution in [-0.2, 0) is 9.53 Å². The number of hydrogen-bond donors (Lipinski definition) is 1. The van der Waals surface area contributed by atoms with Gasteiger partial charge in [-0.3, -0.25) is 9.36 Å². The van der Waals surface area contributed by atoms with Gasteiger partial charge >= 0.3 is 5.97 Å². The Morgan fingerprint density at radius 2 is 2.09 bits per heavy atom. The molecule has 2 aromatic heterocycles. The first-order valence-electron chi connectivity index (χ1n) is 10.1. The molecule has 32 heavy (non-hydrogen) atoms. The minimum atomic E-state index is -0.591. The molecule has 1 aromatic carbocycles. The van der Waals surface area contributed by atoms with Crippen molar-refractivity contribution in [1.82, 2.24) is 4.57 Å². The molecule has 0 bridgehead atoms. The minimum absolute atomic E-state index is 0.0397. The third-order valence-corrected chi connectivity index (χ3v) is 6.82. The number of carbonyl (C=O) groups is 1. The number of fused-ring (bicyclic) bond motifs is 1. The lowest BCUT2D eigenvalue weighted by Gasteiger charge is -2.23. The van der Waals surface area contributed by atoms with Crippen molar-refractivity contribution in [2.45, 2.75) is 26.8 Å². The molecule has 1 unspecified atom stereocenters. The standard InChI is InChI=1S/C23H22N2O5S2/c1-4-29-16-11-14(8-9-15(16)26)12-18-21(27)25-20(17-7-6-10-31-17)19(22(28)30-5-2)13(3)24-23(25)32-18/h6-12,20,26H,4-5H2,1-3H3/b18-12-. The third kappa shape index (κ3) is 4.01. The highest BCUT2D eigenvalue weighted by Gasteiger charge is 2.33. The van der Waals surface area contributed by atoms with Crippen LogP contribution in [0.2, 0.25) is 0 Å². The monoisotopic (exact) mass is 470 g/mol. The predicted octanol–water partition coefficient (Wildman–Crippen LogP) is 2.96. The van der Waals surface area contributed by atoms with Gasteiger partial charge in [-0.25, -0.2) is 9.79 Å². The van der Waals surface area contributed by atoms with Crippen LogP contribution in [0.4, 0.5) is 0 Å². The number of nitrogens with zero attached hydrogens (tertiary/aromatic N) is 2.